The molecule has 7 heavy (non-hydrogen) atoms. The summed E-state index contributed by atoms with van der Waals surface area (Å²) in [6.45, 7) is 3.10. The van der Waals surface area contributed by atoms with Crippen molar-refractivity contribution in [3.63, 3.8) is 0 Å². The van der Waals surface area contributed by atoms with Gasteiger partial charge in [0, 0.05) is 5.97 Å². The standard InChI is InChI=1S/C2H6I.C2H4O2/c1-2-3;1-2(3)4/h3H,2H2,1H3;1H3,(H,3,4)/q+1;/p-1. The van der Waals surface area contributed by atoms with Crippen LogP contribution in [-0.2, 0) is 4.79 Å². The Bertz CT molecular complexity index is 41.0. The first-order valence-electron chi connectivity index (χ1n) is 1.90. The van der Waals surface area contributed by atoms with Crippen molar-refractivity contribution >= 4 is 5.97 Å². The van der Waals surface area contributed by atoms with E-state index in [1.54, 1.807) is 0 Å². The quantitative estimate of drug-likeness (QED) is 0.306. The van der Waals surface area contributed by atoms with Crippen molar-refractivity contribution < 1.29 is 32.5 Å². The zero-order valence-corrected chi connectivity index (χ0v) is 6.76. The van der Waals surface area contributed by atoms with Crippen LogP contribution in [-0.4, -0.2) is 10.4 Å². The van der Waals surface area contributed by atoms with Gasteiger partial charge in [0.1, 0.15) is 4.43 Å². The average molecular weight is 216 g/mol. The van der Waals surface area contributed by atoms with Crippen molar-refractivity contribution in [2.75, 3.05) is 4.43 Å². The van der Waals surface area contributed by atoms with Gasteiger partial charge in [-0.25, -0.2) is 0 Å². The summed E-state index contributed by atoms with van der Waals surface area (Å²) >= 11 is 2.07. The molecular weight excluding hydrogens is 207 g/mol. The predicted octanol–water partition coefficient (Wildman–Crippen LogP) is -3.95. The number of aliphatic carboxylic acids is 1. The van der Waals surface area contributed by atoms with Gasteiger partial charge in [-0.05, 0) is 13.8 Å². The number of carbonyl (C=O) groups is 1. The Balaban J connectivity index is 0. The Morgan fingerprint density at radius 3 is 1.86 bits per heavy atom. The lowest BCUT2D eigenvalue weighted by Crippen LogP contribution is -3.35. The van der Waals surface area contributed by atoms with E-state index in [2.05, 4.69) is 29.5 Å². The molecule has 0 rings (SSSR count). The third kappa shape index (κ3) is 2730. The number of carbonyl (C=O) groups excluding carboxylic acids is 1. The summed E-state index contributed by atoms with van der Waals surface area (Å²) in [5.41, 5.74) is 0. The Morgan fingerprint density at radius 2 is 1.86 bits per heavy atom. The molecule has 0 aromatic heterocycles. The maximum absolute atomic E-state index is 8.89. The van der Waals surface area contributed by atoms with Crippen molar-refractivity contribution in [1.82, 2.24) is 0 Å². The van der Waals surface area contributed by atoms with Crippen molar-refractivity contribution in [3.8, 4) is 0 Å². The van der Waals surface area contributed by atoms with Crippen LogP contribution in [0.4, 0.5) is 0 Å². The lowest BCUT2D eigenvalue weighted by atomic mass is 10.9. The molecule has 0 aromatic rings. The summed E-state index contributed by atoms with van der Waals surface area (Å²) in [7, 11) is 0. The topological polar surface area (TPSA) is 40.1 Å². The second-order valence-corrected chi connectivity index (χ2v) is 2.43. The van der Waals surface area contributed by atoms with Crippen LogP contribution < -0.4 is 27.7 Å². The minimum atomic E-state index is -1.08. The molecule has 2 nitrogen and oxygen atoms in total. The number of hydrogen-bond acceptors (Lipinski definition) is 2. The predicted molar refractivity (Wildman–Crippen MR) is 22.6 cm³/mol. The minimum Gasteiger partial charge on any atom is -0.550 e. The van der Waals surface area contributed by atoms with Gasteiger partial charge in [-0.3, -0.25) is 0 Å². The molecule has 0 saturated carbocycles. The van der Waals surface area contributed by atoms with E-state index in [0.29, 0.717) is 0 Å². The summed E-state index contributed by atoms with van der Waals surface area (Å²) in [5.74, 6) is -1.08. The highest BCUT2D eigenvalue weighted by atomic mass is 127. The van der Waals surface area contributed by atoms with Crippen LogP contribution in [0.1, 0.15) is 13.8 Å². The molecule has 0 aromatic carbocycles. The molecule has 0 bridgehead atoms. The van der Waals surface area contributed by atoms with Crippen molar-refractivity contribution in [3.05, 3.63) is 0 Å². The lowest BCUT2D eigenvalue weighted by Gasteiger charge is -1.77. The first-order chi connectivity index (χ1) is 3.15. The zero-order valence-electron chi connectivity index (χ0n) is 4.43. The summed E-state index contributed by atoms with van der Waals surface area (Å²) in [4.78, 5) is 8.89. The van der Waals surface area contributed by atoms with E-state index in [1.165, 1.54) is 4.43 Å². The van der Waals surface area contributed by atoms with Crippen LogP contribution in [0.2, 0.25) is 0 Å². The number of carboxylic acid groups (broad SMARTS) is 1. The molecular formula is C4H9IO2. The fourth-order valence-electron chi connectivity index (χ4n) is 0. The van der Waals surface area contributed by atoms with E-state index in [9.17, 15) is 0 Å². The molecule has 0 saturated heterocycles. The Kier molecular flexibility index (Phi) is 13.9. The summed E-state index contributed by atoms with van der Waals surface area (Å²) in [5, 5.41) is 8.89. The minimum absolute atomic E-state index is 0.972. The molecule has 0 aliphatic heterocycles. The normalized spacial score (nSPS) is 6.14. The molecule has 0 aliphatic rings. The first kappa shape index (κ1) is 10.2. The molecule has 0 aliphatic carbocycles. The van der Waals surface area contributed by atoms with Crippen LogP contribution in [0.15, 0.2) is 0 Å². The Labute approximate surface area is 57.1 Å². The average Bonchev–Trinajstić information content (AvgIpc) is 1.33. The largest absolute Gasteiger partial charge is 0.550 e. The van der Waals surface area contributed by atoms with Crippen LogP contribution in [0.5, 0.6) is 0 Å². The van der Waals surface area contributed by atoms with E-state index >= 15 is 0 Å². The highest BCUT2D eigenvalue weighted by Crippen LogP contribution is 1.31. The highest BCUT2D eigenvalue weighted by molar-refractivity contribution is 5.60. The molecule has 0 spiro atoms. The van der Waals surface area contributed by atoms with E-state index in [1.807, 2.05) is 0 Å². The summed E-state index contributed by atoms with van der Waals surface area (Å²) < 4.78 is 1.26. The SMILES string of the molecule is CC(=O)[O-].CC[IH+]. The second kappa shape index (κ2) is 9.50. The van der Waals surface area contributed by atoms with E-state index < -0.39 is 5.97 Å². The number of carboxylic acids is 1. The maximum Gasteiger partial charge on any atom is 0.251 e. The second-order valence-electron chi connectivity index (χ2n) is 0.780. The van der Waals surface area contributed by atoms with E-state index in [0.717, 1.165) is 6.92 Å². The van der Waals surface area contributed by atoms with Gasteiger partial charge in [-0.2, -0.15) is 0 Å². The Hall–Kier alpha value is 0.200. The molecule has 0 amide bonds. The van der Waals surface area contributed by atoms with Crippen LogP contribution >= 0.6 is 0 Å². The van der Waals surface area contributed by atoms with Gasteiger partial charge < -0.3 is 9.90 Å². The molecule has 0 atom stereocenters. The number of hydrogen-bond donors (Lipinski definition) is 0. The van der Waals surface area contributed by atoms with Crippen LogP contribution in [0, 0.1) is 0 Å². The number of alkyl halides is 1. The molecule has 0 fully saturated rings. The van der Waals surface area contributed by atoms with Gasteiger partial charge in [0.15, 0.2) is 0 Å². The van der Waals surface area contributed by atoms with Gasteiger partial charge in [-0.15, -0.1) is 0 Å². The molecule has 0 radical (unpaired) electrons. The monoisotopic (exact) mass is 216 g/mol. The Morgan fingerprint density at radius 1 is 1.86 bits per heavy atom. The van der Waals surface area contributed by atoms with Crippen LogP contribution in [0.25, 0.3) is 0 Å². The fourth-order valence-corrected chi connectivity index (χ4v) is 0. The van der Waals surface area contributed by atoms with Crippen LogP contribution in [0.3, 0.4) is 0 Å². The number of rotatable bonds is 0. The smallest absolute Gasteiger partial charge is 0.251 e. The highest BCUT2D eigenvalue weighted by Gasteiger charge is 1.55. The van der Waals surface area contributed by atoms with Crippen molar-refractivity contribution in [1.29, 1.82) is 0 Å². The first-order valence-corrected chi connectivity index (χ1v) is 3.55. The van der Waals surface area contributed by atoms with E-state index in [4.69, 9.17) is 9.90 Å². The van der Waals surface area contributed by atoms with Gasteiger partial charge in [0.25, 0.3) is 22.6 Å². The van der Waals surface area contributed by atoms with Gasteiger partial charge >= 0.3 is 0 Å². The third-order valence-corrected chi connectivity index (χ3v) is 0. The van der Waals surface area contributed by atoms with Crippen molar-refractivity contribution in [2.24, 2.45) is 0 Å². The van der Waals surface area contributed by atoms with Crippen molar-refractivity contribution in [2.45, 2.75) is 13.8 Å². The van der Waals surface area contributed by atoms with E-state index in [-0.39, 0.29) is 0 Å². The summed E-state index contributed by atoms with van der Waals surface area (Å²) in [6.07, 6.45) is 0. The summed E-state index contributed by atoms with van der Waals surface area (Å²) in [6, 6.07) is 0. The zero-order chi connectivity index (χ0) is 6.28. The van der Waals surface area contributed by atoms with Gasteiger partial charge in [0.2, 0.25) is 0 Å². The molecule has 0 N–H and O–H groups in total. The fraction of sp³-hybridized carbons (Fsp3) is 0.750. The molecule has 44 valence electrons. The third-order valence-electron chi connectivity index (χ3n) is 0. The van der Waals surface area contributed by atoms with Gasteiger partial charge in [0.05, 0.1) is 0 Å². The molecule has 0 heterocycles. The lowest BCUT2D eigenvalue weighted by molar-refractivity contribution is -0.361. The number of halogens is 1. The van der Waals surface area contributed by atoms with Gasteiger partial charge in [-0.1, -0.05) is 0 Å². The molecule has 0 unspecified atom stereocenters. The maximum atomic E-state index is 8.89. The molecule has 3 heteroatoms.